The lowest BCUT2D eigenvalue weighted by Gasteiger charge is -2.24. The lowest BCUT2D eigenvalue weighted by Crippen LogP contribution is -2.33. The van der Waals surface area contributed by atoms with Gasteiger partial charge in [-0.05, 0) is 44.8 Å². The lowest BCUT2D eigenvalue weighted by molar-refractivity contribution is 0.261. The Morgan fingerprint density at radius 3 is 2.71 bits per heavy atom. The molecule has 0 bridgehead atoms. The molecule has 0 amide bonds. The van der Waals surface area contributed by atoms with Crippen molar-refractivity contribution in [2.75, 3.05) is 26.2 Å². The largest absolute Gasteiger partial charge is 0.313 e. The summed E-state index contributed by atoms with van der Waals surface area (Å²) in [6.45, 7) is 7.43. The fourth-order valence-electron chi connectivity index (χ4n) is 3.39. The minimum Gasteiger partial charge on any atom is -0.313 e. The van der Waals surface area contributed by atoms with Crippen LogP contribution in [0.1, 0.15) is 58.3 Å². The van der Waals surface area contributed by atoms with E-state index in [4.69, 9.17) is 0 Å². The second-order valence-corrected chi connectivity index (χ2v) is 6.03. The van der Waals surface area contributed by atoms with Gasteiger partial charge < -0.3 is 10.2 Å². The summed E-state index contributed by atoms with van der Waals surface area (Å²) in [6, 6.07) is 0.779. The molecule has 0 spiro atoms. The molecule has 1 N–H and O–H groups in total. The van der Waals surface area contributed by atoms with Crippen LogP contribution in [0.15, 0.2) is 0 Å². The molecule has 1 aliphatic carbocycles. The number of likely N-dealkylation sites (tertiary alicyclic amines) is 1. The minimum absolute atomic E-state index is 0.779. The number of rotatable bonds is 6. The zero-order chi connectivity index (χ0) is 11.9. The second kappa shape index (κ2) is 7.38. The normalized spacial score (nSPS) is 27.7. The van der Waals surface area contributed by atoms with Crippen LogP contribution >= 0.6 is 0 Å². The number of nitrogens with zero attached hydrogens (tertiary/aromatic N) is 1. The summed E-state index contributed by atoms with van der Waals surface area (Å²) < 4.78 is 0. The molecule has 1 aliphatic heterocycles. The zero-order valence-corrected chi connectivity index (χ0v) is 11.6. The molecular weight excluding hydrogens is 208 g/mol. The molecule has 0 aromatic heterocycles. The first kappa shape index (κ1) is 13.4. The highest BCUT2D eigenvalue weighted by Crippen LogP contribution is 2.26. The quantitative estimate of drug-likeness (QED) is 0.765. The number of nitrogens with one attached hydrogen (secondary N) is 1. The Morgan fingerprint density at radius 1 is 1.12 bits per heavy atom. The van der Waals surface area contributed by atoms with Gasteiger partial charge in [-0.1, -0.05) is 39.0 Å². The van der Waals surface area contributed by atoms with Crippen LogP contribution in [0.4, 0.5) is 0 Å². The molecule has 100 valence electrons. The smallest absolute Gasteiger partial charge is 0.0207 e. The van der Waals surface area contributed by atoms with Crippen molar-refractivity contribution in [3.05, 3.63) is 0 Å². The molecule has 2 aliphatic rings. The molecule has 1 heterocycles. The van der Waals surface area contributed by atoms with E-state index in [1.807, 2.05) is 0 Å². The van der Waals surface area contributed by atoms with E-state index in [2.05, 4.69) is 17.1 Å². The molecule has 1 atom stereocenters. The minimum atomic E-state index is 0.779. The van der Waals surface area contributed by atoms with Gasteiger partial charge in [0, 0.05) is 12.6 Å². The molecule has 17 heavy (non-hydrogen) atoms. The number of hydrogen-bond acceptors (Lipinski definition) is 2. The SMILES string of the molecule is CCCNC1CCN(CCC2CCCCC2)C1. The summed E-state index contributed by atoms with van der Waals surface area (Å²) in [5.74, 6) is 1.05. The zero-order valence-electron chi connectivity index (χ0n) is 11.6. The van der Waals surface area contributed by atoms with Crippen LogP contribution < -0.4 is 5.32 Å². The summed E-state index contributed by atoms with van der Waals surface area (Å²) in [5, 5.41) is 3.66. The van der Waals surface area contributed by atoms with Gasteiger partial charge in [-0.3, -0.25) is 0 Å². The molecule has 2 rings (SSSR count). The predicted molar refractivity (Wildman–Crippen MR) is 74.3 cm³/mol. The maximum Gasteiger partial charge on any atom is 0.0207 e. The van der Waals surface area contributed by atoms with E-state index in [9.17, 15) is 0 Å². The first-order chi connectivity index (χ1) is 8.38. The van der Waals surface area contributed by atoms with Crippen molar-refractivity contribution in [1.29, 1.82) is 0 Å². The van der Waals surface area contributed by atoms with Crippen molar-refractivity contribution in [3.8, 4) is 0 Å². The van der Waals surface area contributed by atoms with Crippen LogP contribution in [-0.4, -0.2) is 37.1 Å². The molecule has 0 radical (unpaired) electrons. The van der Waals surface area contributed by atoms with Gasteiger partial charge in [0.2, 0.25) is 0 Å². The monoisotopic (exact) mass is 238 g/mol. The Hall–Kier alpha value is -0.0800. The topological polar surface area (TPSA) is 15.3 Å². The molecule has 0 aromatic rings. The highest BCUT2D eigenvalue weighted by Gasteiger charge is 2.22. The van der Waals surface area contributed by atoms with E-state index in [0.29, 0.717) is 0 Å². The summed E-state index contributed by atoms with van der Waals surface area (Å²) >= 11 is 0. The van der Waals surface area contributed by atoms with Gasteiger partial charge in [-0.25, -0.2) is 0 Å². The van der Waals surface area contributed by atoms with Gasteiger partial charge in [-0.15, -0.1) is 0 Å². The van der Waals surface area contributed by atoms with Crippen molar-refractivity contribution >= 4 is 0 Å². The van der Waals surface area contributed by atoms with Crippen LogP contribution in [0.3, 0.4) is 0 Å². The van der Waals surface area contributed by atoms with Crippen LogP contribution in [0.25, 0.3) is 0 Å². The lowest BCUT2D eigenvalue weighted by atomic mass is 9.87. The van der Waals surface area contributed by atoms with Crippen molar-refractivity contribution < 1.29 is 0 Å². The van der Waals surface area contributed by atoms with E-state index >= 15 is 0 Å². The van der Waals surface area contributed by atoms with Gasteiger partial charge >= 0.3 is 0 Å². The Kier molecular flexibility index (Phi) is 5.79. The molecule has 2 fully saturated rings. The van der Waals surface area contributed by atoms with Crippen LogP contribution in [0, 0.1) is 5.92 Å². The standard InChI is InChI=1S/C15H30N2/c1-2-10-16-15-9-12-17(13-15)11-8-14-6-4-3-5-7-14/h14-16H,2-13H2,1H3. The van der Waals surface area contributed by atoms with E-state index in [1.165, 1.54) is 77.5 Å². The van der Waals surface area contributed by atoms with Gasteiger partial charge in [0.05, 0.1) is 0 Å². The summed E-state index contributed by atoms with van der Waals surface area (Å²) in [4.78, 5) is 2.68. The average Bonchev–Trinajstić information content (AvgIpc) is 2.83. The third-order valence-electron chi connectivity index (χ3n) is 4.53. The predicted octanol–water partition coefficient (Wildman–Crippen LogP) is 3.03. The molecule has 0 aromatic carbocycles. The van der Waals surface area contributed by atoms with Gasteiger partial charge in [0.25, 0.3) is 0 Å². The molecular formula is C15H30N2. The summed E-state index contributed by atoms with van der Waals surface area (Å²) in [5.41, 5.74) is 0. The van der Waals surface area contributed by atoms with Crippen molar-refractivity contribution in [2.24, 2.45) is 5.92 Å². The van der Waals surface area contributed by atoms with E-state index in [0.717, 1.165) is 12.0 Å². The summed E-state index contributed by atoms with van der Waals surface area (Å²) in [7, 11) is 0. The molecule has 2 heteroatoms. The van der Waals surface area contributed by atoms with E-state index in [1.54, 1.807) is 0 Å². The van der Waals surface area contributed by atoms with E-state index in [-0.39, 0.29) is 0 Å². The summed E-state index contributed by atoms with van der Waals surface area (Å²) in [6.07, 6.45) is 11.6. The second-order valence-electron chi connectivity index (χ2n) is 6.03. The van der Waals surface area contributed by atoms with Gasteiger partial charge in [-0.2, -0.15) is 0 Å². The Balaban J connectivity index is 1.57. The van der Waals surface area contributed by atoms with Crippen molar-refractivity contribution in [1.82, 2.24) is 10.2 Å². The fourth-order valence-corrected chi connectivity index (χ4v) is 3.39. The first-order valence-corrected chi connectivity index (χ1v) is 7.84. The van der Waals surface area contributed by atoms with Crippen LogP contribution in [0.2, 0.25) is 0 Å². The molecule has 1 saturated heterocycles. The average molecular weight is 238 g/mol. The number of hydrogen-bond donors (Lipinski definition) is 1. The fraction of sp³-hybridized carbons (Fsp3) is 1.00. The molecule has 2 nitrogen and oxygen atoms in total. The molecule has 1 saturated carbocycles. The maximum atomic E-state index is 3.66. The molecule has 1 unspecified atom stereocenters. The van der Waals surface area contributed by atoms with Gasteiger partial charge in [0.15, 0.2) is 0 Å². The van der Waals surface area contributed by atoms with Crippen LogP contribution in [-0.2, 0) is 0 Å². The van der Waals surface area contributed by atoms with Gasteiger partial charge in [0.1, 0.15) is 0 Å². The Bertz CT molecular complexity index is 199. The Labute approximate surface area is 107 Å². The van der Waals surface area contributed by atoms with Crippen molar-refractivity contribution in [2.45, 2.75) is 64.3 Å². The maximum absolute atomic E-state index is 3.66. The third kappa shape index (κ3) is 4.59. The van der Waals surface area contributed by atoms with Crippen molar-refractivity contribution in [3.63, 3.8) is 0 Å². The third-order valence-corrected chi connectivity index (χ3v) is 4.53. The highest BCUT2D eigenvalue weighted by atomic mass is 15.2. The van der Waals surface area contributed by atoms with Crippen LogP contribution in [0.5, 0.6) is 0 Å². The van der Waals surface area contributed by atoms with E-state index < -0.39 is 0 Å². The first-order valence-electron chi connectivity index (χ1n) is 7.84. The Morgan fingerprint density at radius 2 is 1.94 bits per heavy atom. The highest BCUT2D eigenvalue weighted by molar-refractivity contribution is 4.81.